The fourth-order valence-corrected chi connectivity index (χ4v) is 7.97. The summed E-state index contributed by atoms with van der Waals surface area (Å²) in [5.41, 5.74) is 7.99. The van der Waals surface area contributed by atoms with E-state index < -0.39 is 6.09 Å². The largest absolute Gasteiger partial charge is 0.506 e. The second-order valence-electron chi connectivity index (χ2n) is 16.1. The Morgan fingerprint density at radius 2 is 1.43 bits per heavy atom. The number of carbonyl (C=O) groups is 3. The van der Waals surface area contributed by atoms with Gasteiger partial charge >= 0.3 is 6.09 Å². The average Bonchev–Trinajstić information content (AvgIpc) is 3.30. The molecule has 0 radical (unpaired) electrons. The van der Waals surface area contributed by atoms with Gasteiger partial charge in [0.25, 0.3) is 0 Å². The van der Waals surface area contributed by atoms with E-state index in [1.54, 1.807) is 24.1 Å². The molecular weight excluding hydrogens is 793 g/mol. The van der Waals surface area contributed by atoms with E-state index in [1.807, 2.05) is 84.9 Å². The summed E-state index contributed by atoms with van der Waals surface area (Å²) in [6, 6.07) is 40.4. The quantitative estimate of drug-likeness (QED) is 0.0567. The zero-order valence-electron chi connectivity index (χ0n) is 35.8. The van der Waals surface area contributed by atoms with E-state index in [0.29, 0.717) is 43.6 Å². The Morgan fingerprint density at radius 1 is 0.762 bits per heavy atom. The van der Waals surface area contributed by atoms with Crippen LogP contribution in [-0.2, 0) is 40.0 Å². The van der Waals surface area contributed by atoms with Crippen LogP contribution in [0.4, 0.5) is 16.2 Å². The first-order chi connectivity index (χ1) is 30.7. The number of nitrogens with zero attached hydrogens (tertiary/aromatic N) is 2. The molecule has 2 heterocycles. The number of likely N-dealkylation sites (tertiary alicyclic amines) is 1. The molecule has 1 aromatic heterocycles. The number of hydrogen-bond acceptors (Lipinski definition) is 8. The van der Waals surface area contributed by atoms with Crippen molar-refractivity contribution < 1.29 is 24.2 Å². The van der Waals surface area contributed by atoms with Gasteiger partial charge in [-0.1, -0.05) is 91.0 Å². The standard InChI is InChI=1S/C51H56N6O6/c1-56(49(61)28-34-57-32-26-42(27-33-57)63-51(62)54-45-10-6-5-9-43(45)39-7-3-2-4-8-39)41-18-15-38(16-19-41)35-48(60)53-31-24-37-13-11-36(12-14-37)23-29-52-30-25-40-17-21-46(58)50-44(40)20-22-47(59)55-50/h2-22,42,52,58H,23-35H2,1H3,(H,53,60)(H,54,62)(H,55,59). The van der Waals surface area contributed by atoms with E-state index in [-0.39, 0.29) is 35.6 Å². The minimum atomic E-state index is -0.461. The van der Waals surface area contributed by atoms with Crippen LogP contribution in [0.1, 0.15) is 41.5 Å². The summed E-state index contributed by atoms with van der Waals surface area (Å²) in [4.78, 5) is 57.0. The topological polar surface area (TPSA) is 156 Å². The Morgan fingerprint density at radius 3 is 2.17 bits per heavy atom. The van der Waals surface area contributed by atoms with Gasteiger partial charge < -0.3 is 35.3 Å². The van der Waals surface area contributed by atoms with Crippen LogP contribution in [0.3, 0.4) is 0 Å². The third kappa shape index (κ3) is 12.7. The summed E-state index contributed by atoms with van der Waals surface area (Å²) < 4.78 is 5.78. The number of benzene rings is 5. The minimum absolute atomic E-state index is 0.0111. The van der Waals surface area contributed by atoms with Crippen molar-refractivity contribution in [3.63, 3.8) is 0 Å². The lowest BCUT2D eigenvalue weighted by Crippen LogP contribution is -2.40. The van der Waals surface area contributed by atoms with E-state index in [2.05, 4.69) is 50.1 Å². The average molecular weight is 849 g/mol. The van der Waals surface area contributed by atoms with Crippen LogP contribution < -0.4 is 26.4 Å². The molecule has 0 unspecified atom stereocenters. The number of ether oxygens (including phenoxy) is 1. The lowest BCUT2D eigenvalue weighted by molar-refractivity contribution is -0.120. The molecule has 63 heavy (non-hydrogen) atoms. The van der Waals surface area contributed by atoms with E-state index in [1.165, 1.54) is 11.6 Å². The number of anilines is 2. The van der Waals surface area contributed by atoms with Gasteiger partial charge in [0.1, 0.15) is 11.9 Å². The van der Waals surface area contributed by atoms with E-state index in [4.69, 9.17) is 4.74 Å². The number of carbonyl (C=O) groups excluding carboxylic acids is 3. The maximum Gasteiger partial charge on any atom is 0.411 e. The molecule has 1 aliphatic rings. The number of piperidine rings is 1. The Labute approximate surface area is 368 Å². The first kappa shape index (κ1) is 44.3. The van der Waals surface area contributed by atoms with Gasteiger partial charge in [0.15, 0.2) is 0 Å². The second kappa shape index (κ2) is 21.9. The number of hydrogen-bond donors (Lipinski definition) is 5. The van der Waals surface area contributed by atoms with Crippen LogP contribution in [-0.4, -0.2) is 85.3 Å². The third-order valence-corrected chi connectivity index (χ3v) is 11.6. The van der Waals surface area contributed by atoms with Crippen LogP contribution >= 0.6 is 0 Å². The van der Waals surface area contributed by atoms with Crippen LogP contribution in [0.5, 0.6) is 5.75 Å². The fraction of sp³-hybridized carbons (Fsp3) is 0.294. The van der Waals surface area contributed by atoms with Crippen molar-refractivity contribution in [3.8, 4) is 16.9 Å². The first-order valence-corrected chi connectivity index (χ1v) is 21.8. The molecule has 0 atom stereocenters. The maximum atomic E-state index is 13.1. The summed E-state index contributed by atoms with van der Waals surface area (Å²) in [5, 5.41) is 20.4. The molecule has 7 rings (SSSR count). The molecule has 3 amide bonds. The molecule has 12 heteroatoms. The zero-order chi connectivity index (χ0) is 44.0. The lowest BCUT2D eigenvalue weighted by atomic mass is 10.0. The van der Waals surface area contributed by atoms with Crippen LogP contribution in [0.25, 0.3) is 22.0 Å². The molecular formula is C51H56N6O6. The minimum Gasteiger partial charge on any atom is -0.506 e. The summed E-state index contributed by atoms with van der Waals surface area (Å²) in [6.45, 7) is 4.25. The molecule has 1 aliphatic heterocycles. The summed E-state index contributed by atoms with van der Waals surface area (Å²) in [5.74, 6) is 0.0344. The Kier molecular flexibility index (Phi) is 15.4. The predicted octanol–water partition coefficient (Wildman–Crippen LogP) is 7.24. The predicted molar refractivity (Wildman–Crippen MR) is 249 cm³/mol. The number of rotatable bonds is 18. The van der Waals surface area contributed by atoms with Crippen LogP contribution in [0, 0.1) is 0 Å². The van der Waals surface area contributed by atoms with E-state index in [0.717, 1.165) is 84.3 Å². The van der Waals surface area contributed by atoms with Crippen molar-refractivity contribution in [1.82, 2.24) is 20.5 Å². The highest BCUT2D eigenvalue weighted by Crippen LogP contribution is 2.28. The number of pyridine rings is 1. The monoisotopic (exact) mass is 848 g/mol. The normalized spacial score (nSPS) is 13.1. The number of nitrogens with one attached hydrogen (secondary N) is 4. The highest BCUT2D eigenvalue weighted by atomic mass is 16.6. The number of phenols is 1. The maximum absolute atomic E-state index is 13.1. The molecule has 0 saturated carbocycles. The van der Waals surface area contributed by atoms with Gasteiger partial charge in [0.05, 0.1) is 17.6 Å². The van der Waals surface area contributed by atoms with Gasteiger partial charge in [-0.15, -0.1) is 0 Å². The second-order valence-corrected chi connectivity index (χ2v) is 16.1. The van der Waals surface area contributed by atoms with Crippen molar-refractivity contribution in [2.45, 2.75) is 51.0 Å². The fourth-order valence-electron chi connectivity index (χ4n) is 7.97. The SMILES string of the molecule is CN(C(=O)CCN1CCC(OC(=O)Nc2ccccc2-c2ccccc2)CC1)c1ccc(CC(=O)NCCc2ccc(CCNCCc3ccc(O)c4[nH]c(=O)ccc34)cc2)cc1. The molecule has 0 aliphatic carbocycles. The van der Waals surface area contributed by atoms with Crippen LogP contribution in [0.15, 0.2) is 132 Å². The summed E-state index contributed by atoms with van der Waals surface area (Å²) >= 11 is 0. The zero-order valence-corrected chi connectivity index (χ0v) is 35.8. The number of phenolic OH excluding ortho intramolecular Hbond substituents is 1. The van der Waals surface area contributed by atoms with Crippen molar-refractivity contribution in [2.24, 2.45) is 0 Å². The molecule has 1 fully saturated rings. The van der Waals surface area contributed by atoms with Gasteiger partial charge in [-0.2, -0.15) is 0 Å². The molecule has 5 aromatic carbocycles. The van der Waals surface area contributed by atoms with Crippen molar-refractivity contribution in [3.05, 3.63) is 160 Å². The Hall–Kier alpha value is -6.76. The highest BCUT2D eigenvalue weighted by Gasteiger charge is 2.24. The first-order valence-electron chi connectivity index (χ1n) is 21.8. The number of H-pyrrole nitrogens is 1. The molecule has 1 saturated heterocycles. The highest BCUT2D eigenvalue weighted by molar-refractivity contribution is 5.93. The Bertz CT molecular complexity index is 2520. The van der Waals surface area contributed by atoms with Gasteiger partial charge in [0.2, 0.25) is 17.4 Å². The van der Waals surface area contributed by atoms with E-state index >= 15 is 0 Å². The lowest BCUT2D eigenvalue weighted by Gasteiger charge is -2.31. The smallest absolute Gasteiger partial charge is 0.411 e. The van der Waals surface area contributed by atoms with Gasteiger partial charge in [-0.25, -0.2) is 4.79 Å². The van der Waals surface area contributed by atoms with Gasteiger partial charge in [-0.3, -0.25) is 19.7 Å². The van der Waals surface area contributed by atoms with E-state index in [9.17, 15) is 24.3 Å². The number of aromatic nitrogens is 1. The van der Waals surface area contributed by atoms with Gasteiger partial charge in [0, 0.05) is 62.4 Å². The van der Waals surface area contributed by atoms with Crippen molar-refractivity contribution >= 4 is 40.2 Å². The number of aromatic hydroxyl groups is 1. The van der Waals surface area contributed by atoms with Crippen LogP contribution in [0.2, 0.25) is 0 Å². The van der Waals surface area contributed by atoms with Gasteiger partial charge in [-0.05, 0) is 103 Å². The molecule has 5 N–H and O–H groups in total. The third-order valence-electron chi connectivity index (χ3n) is 11.6. The molecule has 326 valence electrons. The molecule has 12 nitrogen and oxygen atoms in total. The van der Waals surface area contributed by atoms with Crippen molar-refractivity contribution in [1.29, 1.82) is 0 Å². The number of para-hydroxylation sites is 1. The number of amides is 3. The van der Waals surface area contributed by atoms with Crippen molar-refractivity contribution in [2.75, 3.05) is 56.5 Å². The molecule has 6 aromatic rings. The molecule has 0 spiro atoms. The molecule has 0 bridgehead atoms. The Balaban J connectivity index is 0.746. The summed E-state index contributed by atoms with van der Waals surface area (Å²) in [7, 11) is 1.77. The number of fused-ring (bicyclic) bond motifs is 1. The number of aromatic amines is 1. The summed E-state index contributed by atoms with van der Waals surface area (Å²) in [6.07, 6.45) is 3.78.